The fraction of sp³-hybridized carbons (Fsp3) is 0.190. The molecule has 4 rings (SSSR count). The van der Waals surface area contributed by atoms with Crippen LogP contribution in [0, 0.1) is 20.8 Å². The number of benzene rings is 1. The van der Waals surface area contributed by atoms with Crippen LogP contribution in [-0.4, -0.2) is 24.9 Å². The van der Waals surface area contributed by atoms with Gasteiger partial charge in [-0.1, -0.05) is 29.8 Å². The van der Waals surface area contributed by atoms with Gasteiger partial charge in [-0.15, -0.1) is 0 Å². The molecule has 0 unspecified atom stereocenters. The monoisotopic (exact) mass is 378 g/mol. The number of aryl methyl sites for hydroxylation is 2. The molecular formula is C21H19ClN4O. The van der Waals surface area contributed by atoms with Gasteiger partial charge in [0, 0.05) is 24.4 Å². The molecule has 0 N–H and O–H groups in total. The van der Waals surface area contributed by atoms with Gasteiger partial charge in [0.2, 0.25) is 0 Å². The molecule has 0 aliphatic rings. The van der Waals surface area contributed by atoms with Gasteiger partial charge in [-0.05, 0) is 44.5 Å². The maximum atomic E-state index is 12.8. The number of nitrogens with zero attached hydrogens (tertiary/aromatic N) is 4. The van der Waals surface area contributed by atoms with Crippen molar-refractivity contribution in [3.8, 4) is 5.69 Å². The van der Waals surface area contributed by atoms with Crippen LogP contribution < -0.4 is 0 Å². The molecule has 4 aromatic rings. The Kier molecular flexibility index (Phi) is 4.32. The Bertz CT molecular complexity index is 1170. The highest BCUT2D eigenvalue weighted by Crippen LogP contribution is 2.23. The van der Waals surface area contributed by atoms with Crippen LogP contribution in [0.1, 0.15) is 33.0 Å². The second-order valence-corrected chi connectivity index (χ2v) is 7.11. The number of hydrogen-bond donors (Lipinski definition) is 0. The molecule has 0 aliphatic carbocycles. The van der Waals surface area contributed by atoms with E-state index in [0.29, 0.717) is 17.0 Å². The molecule has 0 radical (unpaired) electrons. The van der Waals surface area contributed by atoms with Crippen molar-refractivity contribution in [2.24, 2.45) is 0 Å². The highest BCUT2D eigenvalue weighted by molar-refractivity contribution is 6.31. The number of hydrogen-bond acceptors (Lipinski definition) is 3. The van der Waals surface area contributed by atoms with Gasteiger partial charge < -0.3 is 4.40 Å². The van der Waals surface area contributed by atoms with Gasteiger partial charge in [0.1, 0.15) is 5.65 Å². The Balaban J connectivity index is 1.62. The Morgan fingerprint density at radius 3 is 2.67 bits per heavy atom. The van der Waals surface area contributed by atoms with Gasteiger partial charge in [0.05, 0.1) is 27.8 Å². The minimum absolute atomic E-state index is 0.0562. The summed E-state index contributed by atoms with van der Waals surface area (Å²) in [6.45, 7) is 5.74. The molecule has 0 atom stereocenters. The van der Waals surface area contributed by atoms with E-state index in [1.165, 1.54) is 0 Å². The molecule has 3 aromatic heterocycles. The summed E-state index contributed by atoms with van der Waals surface area (Å²) in [5, 5.41) is 5.11. The third-order valence-electron chi connectivity index (χ3n) is 4.61. The molecule has 1 aromatic carbocycles. The molecule has 5 nitrogen and oxygen atoms in total. The second-order valence-electron chi connectivity index (χ2n) is 6.73. The van der Waals surface area contributed by atoms with Crippen molar-refractivity contribution in [1.82, 2.24) is 19.2 Å². The lowest BCUT2D eigenvalue weighted by atomic mass is 10.0. The summed E-state index contributed by atoms with van der Waals surface area (Å²) < 4.78 is 3.72. The summed E-state index contributed by atoms with van der Waals surface area (Å²) >= 11 is 6.25. The van der Waals surface area contributed by atoms with Crippen molar-refractivity contribution in [2.45, 2.75) is 27.2 Å². The van der Waals surface area contributed by atoms with Crippen LogP contribution in [0.15, 0.2) is 48.8 Å². The van der Waals surface area contributed by atoms with Gasteiger partial charge in [-0.25, -0.2) is 9.67 Å². The third-order valence-corrected chi connectivity index (χ3v) is 5.16. The zero-order valence-corrected chi connectivity index (χ0v) is 16.2. The molecule has 0 spiro atoms. The molecular weight excluding hydrogens is 360 g/mol. The van der Waals surface area contributed by atoms with E-state index < -0.39 is 0 Å². The van der Waals surface area contributed by atoms with E-state index in [9.17, 15) is 4.79 Å². The van der Waals surface area contributed by atoms with Crippen molar-refractivity contribution in [3.05, 3.63) is 82.0 Å². The summed E-state index contributed by atoms with van der Waals surface area (Å²) in [7, 11) is 0. The van der Waals surface area contributed by atoms with E-state index >= 15 is 0 Å². The Hall–Kier alpha value is -2.92. The van der Waals surface area contributed by atoms with Crippen LogP contribution in [0.3, 0.4) is 0 Å². The molecule has 136 valence electrons. The Morgan fingerprint density at radius 1 is 1.11 bits per heavy atom. The average molecular weight is 379 g/mol. The number of ketones is 1. The average Bonchev–Trinajstić information content (AvgIpc) is 3.15. The third kappa shape index (κ3) is 3.26. The number of carbonyl (C=O) groups excluding carboxylic acids is 1. The highest BCUT2D eigenvalue weighted by Gasteiger charge is 2.13. The van der Waals surface area contributed by atoms with Gasteiger partial charge in [0.25, 0.3) is 0 Å². The van der Waals surface area contributed by atoms with E-state index in [1.54, 1.807) is 4.68 Å². The number of halogens is 1. The van der Waals surface area contributed by atoms with Crippen molar-refractivity contribution < 1.29 is 4.79 Å². The molecule has 0 aliphatic heterocycles. The molecule has 6 heteroatoms. The first-order valence-electron chi connectivity index (χ1n) is 8.72. The zero-order valence-electron chi connectivity index (χ0n) is 15.4. The number of pyridine rings is 1. The van der Waals surface area contributed by atoms with Crippen LogP contribution in [0.5, 0.6) is 0 Å². The van der Waals surface area contributed by atoms with Crippen molar-refractivity contribution in [1.29, 1.82) is 0 Å². The number of aromatic nitrogens is 4. The summed E-state index contributed by atoms with van der Waals surface area (Å²) in [6.07, 6.45) is 4.24. The van der Waals surface area contributed by atoms with Gasteiger partial charge in [0.15, 0.2) is 5.78 Å². The number of Topliss-reactive ketones (excluding diaryl/α,β-unsaturated/α-hetero) is 1. The van der Waals surface area contributed by atoms with Crippen LogP contribution >= 0.6 is 11.6 Å². The van der Waals surface area contributed by atoms with Gasteiger partial charge in [-0.2, -0.15) is 5.10 Å². The molecule has 0 bridgehead atoms. The topological polar surface area (TPSA) is 52.2 Å². The van der Waals surface area contributed by atoms with Crippen LogP contribution in [-0.2, 0) is 6.42 Å². The van der Waals surface area contributed by atoms with E-state index in [1.807, 2.05) is 74.0 Å². The summed E-state index contributed by atoms with van der Waals surface area (Å²) in [4.78, 5) is 17.2. The predicted octanol–water partition coefficient (Wildman–Crippen LogP) is 4.52. The smallest absolute Gasteiger partial charge is 0.167 e. The summed E-state index contributed by atoms with van der Waals surface area (Å²) in [5.74, 6) is 0.0562. The lowest BCUT2D eigenvalue weighted by Crippen LogP contribution is -2.06. The first kappa shape index (κ1) is 17.5. The molecule has 0 saturated heterocycles. The lowest BCUT2D eigenvalue weighted by Gasteiger charge is -2.07. The molecule has 0 amide bonds. The summed E-state index contributed by atoms with van der Waals surface area (Å²) in [5.41, 5.74) is 5.90. The zero-order chi connectivity index (χ0) is 19.1. The Morgan fingerprint density at radius 2 is 1.93 bits per heavy atom. The van der Waals surface area contributed by atoms with Crippen LogP contribution in [0.25, 0.3) is 11.3 Å². The first-order chi connectivity index (χ1) is 12.9. The molecule has 27 heavy (non-hydrogen) atoms. The maximum absolute atomic E-state index is 12.8. The predicted molar refractivity (Wildman–Crippen MR) is 106 cm³/mol. The number of rotatable bonds is 4. The van der Waals surface area contributed by atoms with Gasteiger partial charge in [-0.3, -0.25) is 4.79 Å². The fourth-order valence-corrected chi connectivity index (χ4v) is 3.36. The SMILES string of the molecule is Cc1cn2cc(CC(=O)c3cccc(-n4nc(C)c(Cl)c4C)c3)ccc2n1. The van der Waals surface area contributed by atoms with Crippen molar-refractivity contribution >= 4 is 23.0 Å². The van der Waals surface area contributed by atoms with Gasteiger partial charge >= 0.3 is 0 Å². The van der Waals surface area contributed by atoms with Crippen molar-refractivity contribution in [3.63, 3.8) is 0 Å². The first-order valence-corrected chi connectivity index (χ1v) is 9.10. The van der Waals surface area contributed by atoms with Crippen LogP contribution in [0.4, 0.5) is 0 Å². The lowest BCUT2D eigenvalue weighted by molar-refractivity contribution is 0.0993. The van der Waals surface area contributed by atoms with E-state index in [0.717, 1.165) is 34.0 Å². The maximum Gasteiger partial charge on any atom is 0.167 e. The van der Waals surface area contributed by atoms with Crippen LogP contribution in [0.2, 0.25) is 5.02 Å². The van der Waals surface area contributed by atoms with E-state index in [2.05, 4.69) is 10.1 Å². The molecule has 0 saturated carbocycles. The highest BCUT2D eigenvalue weighted by atomic mass is 35.5. The number of fused-ring (bicyclic) bond motifs is 1. The molecule has 3 heterocycles. The minimum atomic E-state index is 0.0562. The number of carbonyl (C=O) groups is 1. The fourth-order valence-electron chi connectivity index (χ4n) is 3.24. The summed E-state index contributed by atoms with van der Waals surface area (Å²) in [6, 6.07) is 11.4. The minimum Gasteiger partial charge on any atom is -0.307 e. The second kappa shape index (κ2) is 6.67. The van der Waals surface area contributed by atoms with E-state index in [-0.39, 0.29) is 5.78 Å². The Labute approximate surface area is 162 Å². The standard InChI is InChI=1S/C21H19ClN4O/c1-13-11-25-12-16(7-8-20(25)23-13)9-19(27)17-5-4-6-18(10-17)26-15(3)21(22)14(2)24-26/h4-8,10-12H,9H2,1-3H3. The van der Waals surface area contributed by atoms with Crippen molar-refractivity contribution in [2.75, 3.05) is 0 Å². The normalized spacial score (nSPS) is 11.3. The molecule has 0 fully saturated rings. The van der Waals surface area contributed by atoms with E-state index in [4.69, 9.17) is 11.6 Å². The number of imidazole rings is 1. The quantitative estimate of drug-likeness (QED) is 0.490. The largest absolute Gasteiger partial charge is 0.307 e.